The molecule has 2 aliphatic heterocycles. The first-order valence-electron chi connectivity index (χ1n) is 13.1. The summed E-state index contributed by atoms with van der Waals surface area (Å²) < 4.78 is 0. The van der Waals surface area contributed by atoms with Crippen molar-refractivity contribution in [2.45, 2.75) is 63.6 Å². The molecule has 2 heterocycles. The van der Waals surface area contributed by atoms with Gasteiger partial charge in [0.2, 0.25) is 5.91 Å². The Morgan fingerprint density at radius 1 is 1.11 bits per heavy atom. The van der Waals surface area contributed by atoms with E-state index in [0.29, 0.717) is 38.8 Å². The summed E-state index contributed by atoms with van der Waals surface area (Å²) in [5.41, 5.74) is 6.40. The van der Waals surface area contributed by atoms with Gasteiger partial charge in [-0.2, -0.15) is 0 Å². The lowest BCUT2D eigenvalue weighted by atomic mass is 9.72. The molecule has 2 aromatic carbocycles. The minimum absolute atomic E-state index is 0.0737. The van der Waals surface area contributed by atoms with Crippen LogP contribution >= 0.6 is 0 Å². The predicted molar refractivity (Wildman–Crippen MR) is 143 cm³/mol. The predicted octanol–water partition coefficient (Wildman–Crippen LogP) is 2.04. The number of carbonyl (C=O) groups is 3. The number of rotatable bonds is 9. The molecule has 3 amide bonds. The summed E-state index contributed by atoms with van der Waals surface area (Å²) in [5, 5.41) is 9.39. The monoisotopic (exact) mass is 505 g/mol. The van der Waals surface area contributed by atoms with Gasteiger partial charge in [0.15, 0.2) is 0 Å². The number of nitrogens with two attached hydrogens (primary N) is 1. The van der Waals surface area contributed by atoms with Crippen molar-refractivity contribution < 1.29 is 14.4 Å². The second-order valence-corrected chi connectivity index (χ2v) is 10.9. The van der Waals surface area contributed by atoms with Crippen LogP contribution in [0.5, 0.6) is 0 Å². The Morgan fingerprint density at radius 2 is 1.73 bits per heavy atom. The third kappa shape index (κ3) is 5.70. The van der Waals surface area contributed by atoms with E-state index in [1.807, 2.05) is 48.5 Å². The molecule has 0 saturated carbocycles. The molecule has 3 atom stereocenters. The number of hydrogen-bond acceptors (Lipinski definition) is 5. The van der Waals surface area contributed by atoms with Gasteiger partial charge in [0, 0.05) is 13.6 Å². The quantitative estimate of drug-likeness (QED) is 0.484. The second-order valence-electron chi connectivity index (χ2n) is 10.9. The second kappa shape index (κ2) is 11.0. The molecule has 8 nitrogen and oxygen atoms in total. The van der Waals surface area contributed by atoms with Crippen LogP contribution in [0.3, 0.4) is 0 Å². The average molecular weight is 506 g/mol. The Balaban J connectivity index is 1.59. The number of hydrazine groups is 1. The van der Waals surface area contributed by atoms with E-state index < -0.39 is 17.0 Å². The number of hydrogen-bond donors (Lipinski definition) is 3. The number of fused-ring (bicyclic) bond motifs is 1. The number of amides is 3. The van der Waals surface area contributed by atoms with E-state index >= 15 is 0 Å². The van der Waals surface area contributed by atoms with E-state index in [0.717, 1.165) is 12.0 Å². The standard InChI is InChI=1S/C29H39N5O3/c1-28(2,30)26(36)32-23(16-10-15-21-11-6-4-7-12-21)25(35)34-24-17-18-31-20-29(24,27(37)33(34)3)19-22-13-8-5-9-14-22/h4-9,11-14,23-24,31H,10,15-20,30H2,1-3H3,(H,32,36)/t23-,24?,29-/m1/s1. The van der Waals surface area contributed by atoms with Crippen LogP contribution in [-0.2, 0) is 27.2 Å². The maximum absolute atomic E-state index is 14.1. The van der Waals surface area contributed by atoms with Crippen LogP contribution in [0.25, 0.3) is 0 Å². The van der Waals surface area contributed by atoms with Gasteiger partial charge in [0.25, 0.3) is 11.8 Å². The normalized spacial score (nSPS) is 22.5. The molecule has 4 rings (SSSR count). The maximum atomic E-state index is 14.1. The van der Waals surface area contributed by atoms with Crippen LogP contribution in [0, 0.1) is 5.41 Å². The lowest BCUT2D eigenvalue weighted by Crippen LogP contribution is -2.60. The zero-order valence-electron chi connectivity index (χ0n) is 22.1. The lowest BCUT2D eigenvalue weighted by molar-refractivity contribution is -0.156. The van der Waals surface area contributed by atoms with E-state index in [-0.39, 0.29) is 23.8 Å². The number of aryl methyl sites for hydroxylation is 1. The summed E-state index contributed by atoms with van der Waals surface area (Å²) >= 11 is 0. The third-order valence-corrected chi connectivity index (χ3v) is 7.59. The molecule has 0 aromatic heterocycles. The molecule has 0 spiro atoms. The summed E-state index contributed by atoms with van der Waals surface area (Å²) in [5.74, 6) is -0.724. The molecule has 198 valence electrons. The largest absolute Gasteiger partial charge is 0.343 e. The van der Waals surface area contributed by atoms with Gasteiger partial charge in [0.05, 0.1) is 17.0 Å². The smallest absolute Gasteiger partial charge is 0.264 e. The van der Waals surface area contributed by atoms with E-state index in [9.17, 15) is 14.4 Å². The number of piperidine rings is 1. The van der Waals surface area contributed by atoms with Crippen LogP contribution < -0.4 is 16.4 Å². The minimum Gasteiger partial charge on any atom is -0.343 e. The number of nitrogens with zero attached hydrogens (tertiary/aromatic N) is 2. The van der Waals surface area contributed by atoms with Crippen molar-refractivity contribution in [1.29, 1.82) is 0 Å². The summed E-state index contributed by atoms with van der Waals surface area (Å²) in [6, 6.07) is 18.9. The zero-order valence-corrected chi connectivity index (χ0v) is 22.1. The van der Waals surface area contributed by atoms with Crippen molar-refractivity contribution in [3.05, 3.63) is 71.8 Å². The maximum Gasteiger partial charge on any atom is 0.264 e. The fourth-order valence-corrected chi connectivity index (χ4v) is 5.58. The van der Waals surface area contributed by atoms with Crippen LogP contribution in [0.4, 0.5) is 0 Å². The van der Waals surface area contributed by atoms with Gasteiger partial charge in [-0.25, -0.2) is 5.01 Å². The summed E-state index contributed by atoms with van der Waals surface area (Å²) in [4.78, 5) is 40.7. The van der Waals surface area contributed by atoms with Crippen molar-refractivity contribution in [3.63, 3.8) is 0 Å². The first kappa shape index (κ1) is 26.8. The van der Waals surface area contributed by atoms with Crippen molar-refractivity contribution >= 4 is 17.7 Å². The van der Waals surface area contributed by atoms with E-state index in [1.54, 1.807) is 25.9 Å². The Kier molecular flexibility index (Phi) is 7.99. The highest BCUT2D eigenvalue weighted by Crippen LogP contribution is 2.42. The molecule has 0 aliphatic carbocycles. The van der Waals surface area contributed by atoms with Crippen molar-refractivity contribution in [2.24, 2.45) is 11.1 Å². The number of nitrogens with one attached hydrogen (secondary N) is 2. The Labute approximate surface area is 219 Å². The van der Waals surface area contributed by atoms with Gasteiger partial charge in [-0.3, -0.25) is 19.4 Å². The molecule has 2 fully saturated rings. The Bertz CT molecular complexity index is 1100. The van der Waals surface area contributed by atoms with Gasteiger partial charge in [-0.1, -0.05) is 60.7 Å². The fraction of sp³-hybridized carbons (Fsp3) is 0.483. The van der Waals surface area contributed by atoms with Crippen molar-refractivity contribution in [3.8, 4) is 0 Å². The Morgan fingerprint density at radius 3 is 2.35 bits per heavy atom. The molecule has 2 saturated heterocycles. The topological polar surface area (TPSA) is 108 Å². The molecule has 0 radical (unpaired) electrons. The van der Waals surface area contributed by atoms with Gasteiger partial charge in [-0.15, -0.1) is 0 Å². The fourth-order valence-electron chi connectivity index (χ4n) is 5.58. The van der Waals surface area contributed by atoms with Crippen LogP contribution in [0.1, 0.15) is 44.2 Å². The summed E-state index contributed by atoms with van der Waals surface area (Å²) in [6.45, 7) is 4.46. The SMILES string of the molecule is CN1C(=O)[C@]2(Cc3ccccc3)CNCCC2N1C(=O)[C@@H](CCCc1ccccc1)NC(=O)C(C)(C)N. The molecule has 8 heteroatoms. The van der Waals surface area contributed by atoms with Crippen molar-refractivity contribution in [1.82, 2.24) is 20.7 Å². The number of benzene rings is 2. The van der Waals surface area contributed by atoms with E-state index in [4.69, 9.17) is 5.73 Å². The zero-order chi connectivity index (χ0) is 26.6. The van der Waals surface area contributed by atoms with E-state index in [2.05, 4.69) is 22.8 Å². The Hall–Kier alpha value is -3.23. The molecular weight excluding hydrogens is 466 g/mol. The highest BCUT2D eigenvalue weighted by atomic mass is 16.2. The van der Waals surface area contributed by atoms with Gasteiger partial charge >= 0.3 is 0 Å². The average Bonchev–Trinajstić information content (AvgIpc) is 3.10. The summed E-state index contributed by atoms with van der Waals surface area (Å²) in [7, 11) is 1.67. The highest BCUT2D eigenvalue weighted by molar-refractivity contribution is 5.95. The van der Waals surface area contributed by atoms with Gasteiger partial charge in [-0.05, 0) is 63.6 Å². The first-order chi connectivity index (χ1) is 17.6. The molecule has 0 bridgehead atoms. The van der Waals surface area contributed by atoms with Gasteiger partial charge in [0.1, 0.15) is 6.04 Å². The molecule has 2 aromatic rings. The minimum atomic E-state index is -1.13. The van der Waals surface area contributed by atoms with E-state index in [1.165, 1.54) is 10.6 Å². The first-order valence-corrected chi connectivity index (χ1v) is 13.1. The van der Waals surface area contributed by atoms with Crippen molar-refractivity contribution in [2.75, 3.05) is 20.1 Å². The lowest BCUT2D eigenvalue weighted by Gasteiger charge is -2.40. The van der Waals surface area contributed by atoms with Gasteiger partial charge < -0.3 is 16.4 Å². The van der Waals surface area contributed by atoms with Crippen LogP contribution in [0.2, 0.25) is 0 Å². The number of carbonyl (C=O) groups excluding carboxylic acids is 3. The highest BCUT2D eigenvalue weighted by Gasteiger charge is 2.60. The summed E-state index contributed by atoms with van der Waals surface area (Å²) in [6.07, 6.45) is 3.14. The molecular formula is C29H39N5O3. The molecule has 4 N–H and O–H groups in total. The third-order valence-electron chi connectivity index (χ3n) is 7.59. The molecule has 2 aliphatic rings. The molecule has 1 unspecified atom stereocenters. The van der Waals surface area contributed by atoms with Crippen LogP contribution in [0.15, 0.2) is 60.7 Å². The molecule has 37 heavy (non-hydrogen) atoms. The van der Waals surface area contributed by atoms with Crippen LogP contribution in [-0.4, -0.2) is 65.5 Å².